The Morgan fingerprint density at radius 1 is 1.40 bits per heavy atom. The summed E-state index contributed by atoms with van der Waals surface area (Å²) in [5, 5.41) is 8.54. The van der Waals surface area contributed by atoms with Crippen molar-refractivity contribution in [1.29, 1.82) is 0 Å². The van der Waals surface area contributed by atoms with Crippen LogP contribution in [0.25, 0.3) is 0 Å². The third kappa shape index (κ3) is 3.19. The molecule has 0 radical (unpaired) electrons. The molecular formula is C15H21ClN4. The van der Waals surface area contributed by atoms with Crippen LogP contribution < -0.4 is 5.32 Å². The minimum atomic E-state index is -0.0233. The van der Waals surface area contributed by atoms with Gasteiger partial charge in [-0.3, -0.25) is 9.67 Å². The predicted octanol–water partition coefficient (Wildman–Crippen LogP) is 3.35. The SMILES string of the molecule is CCCNC(c1cc(C)ccn1)c1c(Cl)cnn1CC. The Morgan fingerprint density at radius 3 is 2.85 bits per heavy atom. The number of nitrogens with zero attached hydrogens (tertiary/aromatic N) is 3. The van der Waals surface area contributed by atoms with Crippen LogP contribution in [0.15, 0.2) is 24.5 Å². The van der Waals surface area contributed by atoms with Crippen LogP contribution in [0.1, 0.15) is 43.3 Å². The number of halogens is 1. The van der Waals surface area contributed by atoms with Gasteiger partial charge in [-0.05, 0) is 44.5 Å². The molecule has 1 N–H and O–H groups in total. The molecule has 0 aliphatic rings. The Bertz CT molecular complexity index is 565. The highest BCUT2D eigenvalue weighted by atomic mass is 35.5. The quantitative estimate of drug-likeness (QED) is 0.888. The molecule has 1 atom stereocenters. The second kappa shape index (κ2) is 6.86. The average molecular weight is 293 g/mol. The summed E-state index contributed by atoms with van der Waals surface area (Å²) in [5.74, 6) is 0. The fraction of sp³-hybridized carbons (Fsp3) is 0.467. The molecule has 4 nitrogen and oxygen atoms in total. The maximum atomic E-state index is 6.34. The molecule has 2 heterocycles. The van der Waals surface area contributed by atoms with Crippen molar-refractivity contribution < 1.29 is 0 Å². The van der Waals surface area contributed by atoms with Crippen molar-refractivity contribution in [1.82, 2.24) is 20.1 Å². The van der Waals surface area contributed by atoms with Crippen molar-refractivity contribution in [2.24, 2.45) is 0 Å². The van der Waals surface area contributed by atoms with E-state index in [1.165, 1.54) is 5.56 Å². The van der Waals surface area contributed by atoms with Crippen LogP contribution in [-0.4, -0.2) is 21.3 Å². The van der Waals surface area contributed by atoms with Crippen molar-refractivity contribution in [3.63, 3.8) is 0 Å². The van der Waals surface area contributed by atoms with Gasteiger partial charge in [-0.15, -0.1) is 0 Å². The number of hydrogen-bond acceptors (Lipinski definition) is 3. The van der Waals surface area contributed by atoms with Gasteiger partial charge in [0, 0.05) is 12.7 Å². The van der Waals surface area contributed by atoms with Crippen LogP contribution in [0.4, 0.5) is 0 Å². The van der Waals surface area contributed by atoms with Gasteiger partial charge in [0.15, 0.2) is 0 Å². The van der Waals surface area contributed by atoms with Gasteiger partial charge in [-0.25, -0.2) is 0 Å². The molecule has 0 aliphatic carbocycles. The van der Waals surface area contributed by atoms with Crippen molar-refractivity contribution in [2.75, 3.05) is 6.54 Å². The summed E-state index contributed by atoms with van der Waals surface area (Å²) >= 11 is 6.34. The third-order valence-electron chi connectivity index (χ3n) is 3.24. The monoisotopic (exact) mass is 292 g/mol. The Hall–Kier alpha value is -1.39. The maximum Gasteiger partial charge on any atom is 0.0937 e. The largest absolute Gasteiger partial charge is 0.304 e. The molecule has 0 amide bonds. The first-order valence-corrected chi connectivity index (χ1v) is 7.42. The van der Waals surface area contributed by atoms with Gasteiger partial charge in [0.2, 0.25) is 0 Å². The molecule has 0 saturated carbocycles. The maximum absolute atomic E-state index is 6.34. The Morgan fingerprint density at radius 2 is 2.20 bits per heavy atom. The molecule has 0 spiro atoms. The number of nitrogens with one attached hydrogen (secondary N) is 1. The lowest BCUT2D eigenvalue weighted by Crippen LogP contribution is -2.27. The van der Waals surface area contributed by atoms with Crippen LogP contribution in [-0.2, 0) is 6.54 Å². The van der Waals surface area contributed by atoms with Crippen LogP contribution in [0.3, 0.4) is 0 Å². The molecule has 0 aromatic carbocycles. The lowest BCUT2D eigenvalue weighted by atomic mass is 10.1. The van der Waals surface area contributed by atoms with Crippen LogP contribution in [0, 0.1) is 6.92 Å². The van der Waals surface area contributed by atoms with E-state index in [-0.39, 0.29) is 6.04 Å². The van der Waals surface area contributed by atoms with E-state index in [2.05, 4.69) is 42.2 Å². The number of rotatable bonds is 6. The Kier molecular flexibility index (Phi) is 5.15. The molecule has 108 valence electrons. The van der Waals surface area contributed by atoms with E-state index in [1.807, 2.05) is 16.9 Å². The second-order valence-electron chi connectivity index (χ2n) is 4.84. The van der Waals surface area contributed by atoms with E-state index in [0.29, 0.717) is 5.02 Å². The van der Waals surface area contributed by atoms with Crippen molar-refractivity contribution in [2.45, 2.75) is 39.8 Å². The van der Waals surface area contributed by atoms with E-state index < -0.39 is 0 Å². The minimum absolute atomic E-state index is 0.0233. The molecule has 2 aromatic heterocycles. The van der Waals surface area contributed by atoms with Gasteiger partial charge in [-0.1, -0.05) is 18.5 Å². The normalized spacial score (nSPS) is 12.6. The highest BCUT2D eigenvalue weighted by Crippen LogP contribution is 2.27. The second-order valence-corrected chi connectivity index (χ2v) is 5.25. The first-order chi connectivity index (χ1) is 9.67. The Balaban J connectivity index is 2.44. The summed E-state index contributed by atoms with van der Waals surface area (Å²) in [6, 6.07) is 4.07. The Labute approximate surface area is 125 Å². The van der Waals surface area contributed by atoms with Gasteiger partial charge >= 0.3 is 0 Å². The van der Waals surface area contributed by atoms with Crippen LogP contribution in [0.2, 0.25) is 5.02 Å². The van der Waals surface area contributed by atoms with Crippen molar-refractivity contribution in [3.05, 3.63) is 46.5 Å². The first kappa shape index (κ1) is 15.0. The molecular weight excluding hydrogens is 272 g/mol. The summed E-state index contributed by atoms with van der Waals surface area (Å²) in [4.78, 5) is 4.50. The summed E-state index contributed by atoms with van der Waals surface area (Å²) < 4.78 is 1.93. The number of aryl methyl sites for hydroxylation is 2. The molecule has 2 rings (SSSR count). The molecule has 0 fully saturated rings. The highest BCUT2D eigenvalue weighted by molar-refractivity contribution is 6.31. The lowest BCUT2D eigenvalue weighted by Gasteiger charge is -2.20. The van der Waals surface area contributed by atoms with Gasteiger partial charge in [0.05, 0.1) is 28.6 Å². The van der Waals surface area contributed by atoms with Gasteiger partial charge in [0.25, 0.3) is 0 Å². The fourth-order valence-electron chi connectivity index (χ4n) is 2.26. The molecule has 0 saturated heterocycles. The smallest absolute Gasteiger partial charge is 0.0937 e. The van der Waals surface area contributed by atoms with Gasteiger partial charge in [-0.2, -0.15) is 5.10 Å². The van der Waals surface area contributed by atoms with Gasteiger partial charge < -0.3 is 5.32 Å². The molecule has 1 unspecified atom stereocenters. The lowest BCUT2D eigenvalue weighted by molar-refractivity contribution is 0.522. The van der Waals surface area contributed by atoms with E-state index in [1.54, 1.807) is 6.20 Å². The van der Waals surface area contributed by atoms with Gasteiger partial charge in [0.1, 0.15) is 0 Å². The molecule has 2 aromatic rings. The molecule has 20 heavy (non-hydrogen) atoms. The zero-order valence-electron chi connectivity index (χ0n) is 12.2. The number of aromatic nitrogens is 3. The van der Waals surface area contributed by atoms with Crippen molar-refractivity contribution >= 4 is 11.6 Å². The summed E-state index contributed by atoms with van der Waals surface area (Å²) in [7, 11) is 0. The standard InChI is InChI=1S/C15H21ClN4/c1-4-7-18-14(13-9-11(3)6-8-17-13)15-12(16)10-19-20(15)5-2/h6,8-10,14,18H,4-5,7H2,1-3H3. The fourth-order valence-corrected chi connectivity index (χ4v) is 2.51. The topological polar surface area (TPSA) is 42.7 Å². The molecule has 0 bridgehead atoms. The van der Waals surface area contributed by atoms with E-state index in [4.69, 9.17) is 11.6 Å². The molecule has 5 heteroatoms. The predicted molar refractivity (Wildman–Crippen MR) is 82.0 cm³/mol. The summed E-state index contributed by atoms with van der Waals surface area (Å²) in [6.45, 7) is 7.98. The van der Waals surface area contributed by atoms with Crippen molar-refractivity contribution in [3.8, 4) is 0 Å². The summed E-state index contributed by atoms with van der Waals surface area (Å²) in [6.07, 6.45) is 4.60. The number of hydrogen-bond donors (Lipinski definition) is 1. The summed E-state index contributed by atoms with van der Waals surface area (Å²) in [5.41, 5.74) is 3.16. The van der Waals surface area contributed by atoms with E-state index >= 15 is 0 Å². The minimum Gasteiger partial charge on any atom is -0.304 e. The number of pyridine rings is 1. The zero-order chi connectivity index (χ0) is 14.5. The third-order valence-corrected chi connectivity index (χ3v) is 3.53. The van der Waals surface area contributed by atoms with Crippen LogP contribution >= 0.6 is 11.6 Å². The molecule has 0 aliphatic heterocycles. The first-order valence-electron chi connectivity index (χ1n) is 7.04. The average Bonchev–Trinajstić information content (AvgIpc) is 2.81. The van der Waals surface area contributed by atoms with E-state index in [0.717, 1.165) is 30.9 Å². The van der Waals surface area contributed by atoms with Crippen LogP contribution in [0.5, 0.6) is 0 Å². The zero-order valence-corrected chi connectivity index (χ0v) is 13.0. The van der Waals surface area contributed by atoms with E-state index in [9.17, 15) is 0 Å². The highest BCUT2D eigenvalue weighted by Gasteiger charge is 2.22.